The quantitative estimate of drug-likeness (QED) is 0.685. The third-order valence-electron chi connectivity index (χ3n) is 2.36. The van der Waals surface area contributed by atoms with Crippen LogP contribution >= 0.6 is 11.6 Å². The molecule has 0 unspecified atom stereocenters. The van der Waals surface area contributed by atoms with Crippen LogP contribution in [-0.4, -0.2) is 4.98 Å². The number of rotatable bonds is 2. The van der Waals surface area contributed by atoms with Crippen molar-refractivity contribution in [3.63, 3.8) is 0 Å². The second-order valence-electron chi connectivity index (χ2n) is 3.67. The Balaban J connectivity index is 1.92. The lowest BCUT2D eigenvalue weighted by molar-refractivity contribution is 0.337. The number of halogens is 1. The van der Waals surface area contributed by atoms with Crippen LogP contribution in [0, 0.1) is 0 Å². The Kier molecular flexibility index (Phi) is 2.57. The normalized spacial score (nSPS) is 10.7. The van der Waals surface area contributed by atoms with Gasteiger partial charge in [-0.15, -0.1) is 0 Å². The summed E-state index contributed by atoms with van der Waals surface area (Å²) < 4.78 is 10.8. The molecule has 2 aromatic carbocycles. The maximum Gasteiger partial charge on any atom is 0.400 e. The third kappa shape index (κ3) is 2.10. The van der Waals surface area contributed by atoms with Crippen LogP contribution in [0.25, 0.3) is 11.1 Å². The molecule has 5 heteroatoms. The molecule has 0 bridgehead atoms. The summed E-state index contributed by atoms with van der Waals surface area (Å²) >= 11 is 5.85. The predicted octanol–water partition coefficient (Wildman–Crippen LogP) is 4.42. The molecular formula is C13H7ClNO3. The Morgan fingerprint density at radius 1 is 1.11 bits per heavy atom. The van der Waals surface area contributed by atoms with Crippen molar-refractivity contribution in [1.82, 2.24) is 4.98 Å². The molecule has 0 fully saturated rings. The standard InChI is InChI=1S/C13H7ClNO3/c14-8-1-6-12-11(7-8)15-13(18-12)17-10-4-2-9(16)3-5-10/h1-7H. The second-order valence-corrected chi connectivity index (χ2v) is 4.10. The highest BCUT2D eigenvalue weighted by atomic mass is 35.5. The molecule has 0 spiro atoms. The van der Waals surface area contributed by atoms with E-state index in [2.05, 4.69) is 4.98 Å². The van der Waals surface area contributed by atoms with Crippen LogP contribution in [0.15, 0.2) is 46.9 Å². The van der Waals surface area contributed by atoms with Gasteiger partial charge in [0.25, 0.3) is 0 Å². The van der Waals surface area contributed by atoms with E-state index in [1.54, 1.807) is 30.3 Å². The van der Waals surface area contributed by atoms with Crippen LogP contribution in [0.3, 0.4) is 0 Å². The van der Waals surface area contributed by atoms with Crippen LogP contribution in [0.1, 0.15) is 0 Å². The van der Waals surface area contributed by atoms with Crippen molar-refractivity contribution in [3.05, 3.63) is 47.5 Å². The lowest BCUT2D eigenvalue weighted by atomic mass is 10.3. The van der Waals surface area contributed by atoms with E-state index >= 15 is 0 Å². The fourth-order valence-corrected chi connectivity index (χ4v) is 1.70. The molecule has 89 valence electrons. The largest absolute Gasteiger partial charge is 0.411 e. The Bertz CT molecular complexity index is 691. The molecule has 0 N–H and O–H groups in total. The van der Waals surface area contributed by atoms with Crippen molar-refractivity contribution in [1.29, 1.82) is 0 Å². The summed E-state index contributed by atoms with van der Waals surface area (Å²) in [6, 6.07) is 11.1. The van der Waals surface area contributed by atoms with Crippen LogP contribution in [0.5, 0.6) is 17.6 Å². The minimum atomic E-state index is -0.0771. The van der Waals surface area contributed by atoms with Gasteiger partial charge >= 0.3 is 6.08 Å². The smallest absolute Gasteiger partial charge is 0.400 e. The fourth-order valence-electron chi connectivity index (χ4n) is 1.53. The van der Waals surface area contributed by atoms with E-state index in [9.17, 15) is 5.11 Å². The lowest BCUT2D eigenvalue weighted by Gasteiger charge is -1.98. The average molecular weight is 261 g/mol. The van der Waals surface area contributed by atoms with Gasteiger partial charge in [0.2, 0.25) is 0 Å². The number of nitrogens with zero attached hydrogens (tertiary/aromatic N) is 1. The number of oxazole rings is 1. The number of benzene rings is 2. The minimum Gasteiger partial charge on any atom is -0.411 e. The summed E-state index contributed by atoms with van der Waals surface area (Å²) in [5.41, 5.74) is 1.22. The molecule has 1 aromatic heterocycles. The number of hydrogen-bond donors (Lipinski definition) is 0. The first kappa shape index (κ1) is 10.9. The predicted molar refractivity (Wildman–Crippen MR) is 65.7 cm³/mol. The molecule has 0 saturated heterocycles. The monoisotopic (exact) mass is 260 g/mol. The Morgan fingerprint density at radius 2 is 1.89 bits per heavy atom. The van der Waals surface area contributed by atoms with Crippen LogP contribution in [0.2, 0.25) is 5.02 Å². The van der Waals surface area contributed by atoms with Gasteiger partial charge in [-0.1, -0.05) is 11.6 Å². The van der Waals surface area contributed by atoms with Gasteiger partial charge in [0.15, 0.2) is 11.3 Å². The highest BCUT2D eigenvalue weighted by Crippen LogP contribution is 2.27. The van der Waals surface area contributed by atoms with Gasteiger partial charge in [-0.2, -0.15) is 4.98 Å². The zero-order chi connectivity index (χ0) is 12.5. The van der Waals surface area contributed by atoms with Crippen molar-refractivity contribution in [3.8, 4) is 17.6 Å². The van der Waals surface area contributed by atoms with Gasteiger partial charge in [0.1, 0.15) is 11.3 Å². The highest BCUT2D eigenvalue weighted by molar-refractivity contribution is 6.31. The van der Waals surface area contributed by atoms with Crippen molar-refractivity contribution in [2.75, 3.05) is 0 Å². The van der Waals surface area contributed by atoms with E-state index in [1.807, 2.05) is 0 Å². The van der Waals surface area contributed by atoms with Gasteiger partial charge in [0, 0.05) is 5.02 Å². The number of ether oxygens (including phenoxy) is 1. The molecule has 4 nitrogen and oxygen atoms in total. The molecule has 18 heavy (non-hydrogen) atoms. The zero-order valence-corrected chi connectivity index (χ0v) is 9.85. The first-order valence-electron chi connectivity index (χ1n) is 5.22. The third-order valence-corrected chi connectivity index (χ3v) is 2.59. The SMILES string of the molecule is [O]c1ccc(Oc2nc3cc(Cl)ccc3o2)cc1. The Labute approximate surface area is 107 Å². The topological polar surface area (TPSA) is 55.2 Å². The summed E-state index contributed by atoms with van der Waals surface area (Å²) in [4.78, 5) is 4.14. The van der Waals surface area contributed by atoms with Crippen LogP contribution < -0.4 is 4.74 Å². The summed E-state index contributed by atoms with van der Waals surface area (Å²) in [5.74, 6) is 0.416. The van der Waals surface area contributed by atoms with Gasteiger partial charge in [0.05, 0.1) is 0 Å². The minimum absolute atomic E-state index is 0.0771. The molecule has 0 amide bonds. The van der Waals surface area contributed by atoms with E-state index in [0.29, 0.717) is 21.9 Å². The lowest BCUT2D eigenvalue weighted by Crippen LogP contribution is -1.82. The molecule has 3 aromatic rings. The van der Waals surface area contributed by atoms with Gasteiger partial charge < -0.3 is 9.15 Å². The van der Waals surface area contributed by atoms with Gasteiger partial charge in [-0.25, -0.2) is 0 Å². The fraction of sp³-hybridized carbons (Fsp3) is 0. The summed E-state index contributed by atoms with van der Waals surface area (Å²) in [7, 11) is 0. The molecular weight excluding hydrogens is 254 g/mol. The molecule has 0 aliphatic rings. The number of hydrogen-bond acceptors (Lipinski definition) is 3. The summed E-state index contributed by atoms with van der Waals surface area (Å²) in [5, 5.41) is 11.5. The van der Waals surface area contributed by atoms with Gasteiger partial charge in [-0.3, -0.25) is 5.11 Å². The molecule has 1 heterocycles. The first-order valence-corrected chi connectivity index (χ1v) is 5.59. The van der Waals surface area contributed by atoms with Crippen molar-refractivity contribution >= 4 is 22.7 Å². The maximum atomic E-state index is 10.9. The van der Waals surface area contributed by atoms with Crippen LogP contribution in [-0.2, 0) is 5.11 Å². The van der Waals surface area contributed by atoms with E-state index in [0.717, 1.165) is 0 Å². The molecule has 0 saturated carbocycles. The number of aromatic nitrogens is 1. The number of fused-ring (bicyclic) bond motifs is 1. The summed E-state index contributed by atoms with van der Waals surface area (Å²) in [6.07, 6.45) is 0.117. The van der Waals surface area contributed by atoms with Crippen molar-refractivity contribution in [2.45, 2.75) is 0 Å². The molecule has 0 atom stereocenters. The van der Waals surface area contributed by atoms with Crippen molar-refractivity contribution in [2.24, 2.45) is 0 Å². The summed E-state index contributed by atoms with van der Waals surface area (Å²) in [6.45, 7) is 0. The second kappa shape index (κ2) is 4.23. The van der Waals surface area contributed by atoms with E-state index in [4.69, 9.17) is 20.8 Å². The highest BCUT2D eigenvalue weighted by Gasteiger charge is 2.08. The Hall–Kier alpha value is -2.20. The molecule has 1 radical (unpaired) electrons. The average Bonchev–Trinajstić information content (AvgIpc) is 2.73. The van der Waals surface area contributed by atoms with E-state index in [1.165, 1.54) is 12.1 Å². The first-order chi connectivity index (χ1) is 8.70. The van der Waals surface area contributed by atoms with Gasteiger partial charge in [-0.05, 0) is 42.5 Å². The van der Waals surface area contributed by atoms with E-state index < -0.39 is 0 Å². The molecule has 0 aliphatic carbocycles. The van der Waals surface area contributed by atoms with E-state index in [-0.39, 0.29) is 11.8 Å². The Morgan fingerprint density at radius 3 is 2.67 bits per heavy atom. The molecule has 0 aliphatic heterocycles. The van der Waals surface area contributed by atoms with Crippen LogP contribution in [0.4, 0.5) is 0 Å². The maximum absolute atomic E-state index is 10.9. The zero-order valence-electron chi connectivity index (χ0n) is 9.09. The van der Waals surface area contributed by atoms with Crippen molar-refractivity contribution < 1.29 is 14.3 Å². The molecule has 3 rings (SSSR count).